The summed E-state index contributed by atoms with van der Waals surface area (Å²) in [6.45, 7) is 4.28. The van der Waals surface area contributed by atoms with Crippen molar-refractivity contribution in [3.8, 4) is 0 Å². The number of hydrogen-bond acceptors (Lipinski definition) is 1. The van der Waals surface area contributed by atoms with Crippen LogP contribution in [0.15, 0.2) is 0 Å². The SMILES string of the molecule is CCCCC1C(=O)C1CC. The third-order valence-corrected chi connectivity index (χ3v) is 2.42. The maximum Gasteiger partial charge on any atom is 0.140 e. The smallest absolute Gasteiger partial charge is 0.140 e. The zero-order valence-electron chi connectivity index (χ0n) is 6.89. The second kappa shape index (κ2) is 3.18. The average Bonchev–Trinajstić information content (AvgIpc) is 2.56. The van der Waals surface area contributed by atoms with Gasteiger partial charge in [-0.1, -0.05) is 26.7 Å². The fraction of sp³-hybridized carbons (Fsp3) is 0.889. The van der Waals surface area contributed by atoms with Crippen molar-refractivity contribution in [2.45, 2.75) is 39.5 Å². The summed E-state index contributed by atoms with van der Waals surface area (Å²) in [5.41, 5.74) is 0. The number of rotatable bonds is 4. The van der Waals surface area contributed by atoms with Gasteiger partial charge in [0.25, 0.3) is 0 Å². The first-order chi connectivity index (χ1) is 4.81. The lowest BCUT2D eigenvalue weighted by Gasteiger charge is -1.91. The Kier molecular flexibility index (Phi) is 2.47. The second-order valence-electron chi connectivity index (χ2n) is 3.17. The third kappa shape index (κ3) is 1.39. The first-order valence-corrected chi connectivity index (χ1v) is 4.35. The minimum Gasteiger partial charge on any atom is -0.299 e. The highest BCUT2D eigenvalue weighted by Gasteiger charge is 2.46. The van der Waals surface area contributed by atoms with Crippen LogP contribution in [-0.2, 0) is 4.79 Å². The molecule has 2 unspecified atom stereocenters. The Hall–Kier alpha value is -0.330. The molecule has 0 aromatic carbocycles. The highest BCUT2D eigenvalue weighted by atomic mass is 16.1. The van der Waals surface area contributed by atoms with Gasteiger partial charge < -0.3 is 0 Å². The Morgan fingerprint density at radius 3 is 2.40 bits per heavy atom. The average molecular weight is 140 g/mol. The molecule has 1 heteroatoms. The van der Waals surface area contributed by atoms with Gasteiger partial charge in [0.05, 0.1) is 0 Å². The summed E-state index contributed by atoms with van der Waals surface area (Å²) < 4.78 is 0. The van der Waals surface area contributed by atoms with Crippen molar-refractivity contribution in [2.24, 2.45) is 11.8 Å². The topological polar surface area (TPSA) is 17.1 Å². The lowest BCUT2D eigenvalue weighted by molar-refractivity contribution is -0.112. The van der Waals surface area contributed by atoms with Gasteiger partial charge in [0, 0.05) is 11.8 Å². The minimum absolute atomic E-state index is 0.451. The number of hydrogen-bond donors (Lipinski definition) is 0. The molecule has 2 atom stereocenters. The van der Waals surface area contributed by atoms with E-state index in [0.717, 1.165) is 12.8 Å². The van der Waals surface area contributed by atoms with Crippen molar-refractivity contribution in [1.29, 1.82) is 0 Å². The van der Waals surface area contributed by atoms with E-state index in [-0.39, 0.29) is 0 Å². The minimum atomic E-state index is 0.451. The van der Waals surface area contributed by atoms with Crippen LogP contribution in [0.25, 0.3) is 0 Å². The van der Waals surface area contributed by atoms with E-state index in [1.54, 1.807) is 0 Å². The third-order valence-electron chi connectivity index (χ3n) is 2.42. The van der Waals surface area contributed by atoms with Gasteiger partial charge in [0.2, 0.25) is 0 Å². The van der Waals surface area contributed by atoms with Gasteiger partial charge in [-0.25, -0.2) is 0 Å². The van der Waals surface area contributed by atoms with Gasteiger partial charge in [-0.05, 0) is 12.8 Å². The van der Waals surface area contributed by atoms with E-state index in [4.69, 9.17) is 0 Å². The molecule has 1 aliphatic carbocycles. The molecule has 0 aromatic rings. The molecular formula is C9H16O. The molecule has 0 radical (unpaired) electrons. The molecule has 0 heterocycles. The molecule has 0 amide bonds. The standard InChI is InChI=1S/C9H16O/c1-3-5-6-8-7(4-2)9(8)10/h7-8H,3-6H2,1-2H3. The summed E-state index contributed by atoms with van der Waals surface area (Å²) in [6.07, 6.45) is 4.66. The lowest BCUT2D eigenvalue weighted by Crippen LogP contribution is -1.80. The van der Waals surface area contributed by atoms with Crippen LogP contribution in [0.4, 0.5) is 0 Å². The Labute approximate surface area is 62.8 Å². The molecule has 0 aromatic heterocycles. The van der Waals surface area contributed by atoms with E-state index >= 15 is 0 Å². The molecule has 10 heavy (non-hydrogen) atoms. The van der Waals surface area contributed by atoms with E-state index < -0.39 is 0 Å². The van der Waals surface area contributed by atoms with E-state index in [9.17, 15) is 4.79 Å². The van der Waals surface area contributed by atoms with Crippen LogP contribution in [0.1, 0.15) is 39.5 Å². The van der Waals surface area contributed by atoms with Crippen LogP contribution in [0, 0.1) is 11.8 Å². The summed E-state index contributed by atoms with van der Waals surface area (Å²) in [6, 6.07) is 0. The number of ketones is 1. The quantitative estimate of drug-likeness (QED) is 0.586. The molecule has 1 rings (SSSR count). The molecule has 0 bridgehead atoms. The molecule has 1 aliphatic rings. The van der Waals surface area contributed by atoms with Crippen LogP contribution in [0.3, 0.4) is 0 Å². The largest absolute Gasteiger partial charge is 0.299 e. The zero-order valence-corrected chi connectivity index (χ0v) is 6.89. The number of carbonyl (C=O) groups is 1. The predicted octanol–water partition coefficient (Wildman–Crippen LogP) is 2.40. The fourth-order valence-corrected chi connectivity index (χ4v) is 1.60. The van der Waals surface area contributed by atoms with Gasteiger partial charge in [-0.3, -0.25) is 4.79 Å². The Morgan fingerprint density at radius 2 is 2.00 bits per heavy atom. The summed E-state index contributed by atoms with van der Waals surface area (Å²) >= 11 is 0. The van der Waals surface area contributed by atoms with E-state index in [2.05, 4.69) is 13.8 Å². The Bertz CT molecular complexity index is 129. The van der Waals surface area contributed by atoms with Crippen molar-refractivity contribution >= 4 is 5.78 Å². The number of carbonyl (C=O) groups excluding carboxylic acids is 1. The number of unbranched alkanes of at least 4 members (excludes halogenated alkanes) is 1. The van der Waals surface area contributed by atoms with E-state index in [0.29, 0.717) is 17.6 Å². The predicted molar refractivity (Wildman–Crippen MR) is 41.8 cm³/mol. The van der Waals surface area contributed by atoms with Crippen molar-refractivity contribution in [1.82, 2.24) is 0 Å². The Morgan fingerprint density at radius 1 is 1.30 bits per heavy atom. The first kappa shape index (κ1) is 7.77. The molecule has 1 nitrogen and oxygen atoms in total. The molecule has 1 saturated carbocycles. The summed E-state index contributed by atoms with van der Waals surface area (Å²) in [7, 11) is 0. The lowest BCUT2D eigenvalue weighted by atomic mass is 10.1. The maximum absolute atomic E-state index is 11.0. The summed E-state index contributed by atoms with van der Waals surface area (Å²) in [5, 5.41) is 0. The summed E-state index contributed by atoms with van der Waals surface area (Å²) in [5.74, 6) is 1.44. The van der Waals surface area contributed by atoms with Crippen molar-refractivity contribution in [3.63, 3.8) is 0 Å². The normalized spacial score (nSPS) is 30.8. The molecule has 0 spiro atoms. The first-order valence-electron chi connectivity index (χ1n) is 4.35. The molecular weight excluding hydrogens is 124 g/mol. The Balaban J connectivity index is 2.15. The monoisotopic (exact) mass is 140 g/mol. The van der Waals surface area contributed by atoms with Gasteiger partial charge in [0.1, 0.15) is 5.78 Å². The zero-order chi connectivity index (χ0) is 7.56. The van der Waals surface area contributed by atoms with Crippen LogP contribution in [0.2, 0.25) is 0 Å². The maximum atomic E-state index is 11.0. The van der Waals surface area contributed by atoms with Crippen LogP contribution in [-0.4, -0.2) is 5.78 Å². The number of Topliss-reactive ketones (excluding diaryl/α,β-unsaturated/α-hetero) is 1. The molecule has 1 fully saturated rings. The molecule has 58 valence electrons. The molecule has 0 N–H and O–H groups in total. The van der Waals surface area contributed by atoms with Gasteiger partial charge in [0.15, 0.2) is 0 Å². The van der Waals surface area contributed by atoms with E-state index in [1.807, 2.05) is 0 Å². The van der Waals surface area contributed by atoms with Crippen LogP contribution >= 0.6 is 0 Å². The highest BCUT2D eigenvalue weighted by molar-refractivity contribution is 5.99. The van der Waals surface area contributed by atoms with Gasteiger partial charge >= 0.3 is 0 Å². The highest BCUT2D eigenvalue weighted by Crippen LogP contribution is 2.39. The van der Waals surface area contributed by atoms with Crippen molar-refractivity contribution in [3.05, 3.63) is 0 Å². The van der Waals surface area contributed by atoms with Crippen LogP contribution in [0.5, 0.6) is 0 Å². The fourth-order valence-electron chi connectivity index (χ4n) is 1.60. The second-order valence-corrected chi connectivity index (χ2v) is 3.17. The molecule has 0 saturated heterocycles. The van der Waals surface area contributed by atoms with Crippen molar-refractivity contribution in [2.75, 3.05) is 0 Å². The molecule has 0 aliphatic heterocycles. The van der Waals surface area contributed by atoms with Gasteiger partial charge in [-0.15, -0.1) is 0 Å². The summed E-state index contributed by atoms with van der Waals surface area (Å²) in [4.78, 5) is 11.0. The van der Waals surface area contributed by atoms with Crippen molar-refractivity contribution < 1.29 is 4.79 Å². The van der Waals surface area contributed by atoms with Crippen LogP contribution < -0.4 is 0 Å². The van der Waals surface area contributed by atoms with E-state index in [1.165, 1.54) is 12.8 Å². The van der Waals surface area contributed by atoms with Gasteiger partial charge in [-0.2, -0.15) is 0 Å².